The second-order valence-corrected chi connectivity index (χ2v) is 17.2. The molecule has 1 saturated heterocycles. The first kappa shape index (κ1) is 27.9. The molecule has 0 N–H and O–H groups in total. The number of hydrogen-bond acceptors (Lipinski definition) is 2. The molecule has 2 fully saturated rings. The van der Waals surface area contributed by atoms with Gasteiger partial charge in [-0.05, 0) is 55.9 Å². The highest BCUT2D eigenvalue weighted by Gasteiger charge is 2.37. The third-order valence-corrected chi connectivity index (χ3v) is 12.3. The number of ether oxygens (including phenoxy) is 2. The van der Waals surface area contributed by atoms with Crippen molar-refractivity contribution in [2.75, 3.05) is 26.4 Å². The number of rotatable bonds is 16. The van der Waals surface area contributed by atoms with E-state index in [0.717, 1.165) is 38.3 Å². The van der Waals surface area contributed by atoms with Gasteiger partial charge in [-0.15, -0.1) is 0 Å². The van der Waals surface area contributed by atoms with Crippen LogP contribution in [0.25, 0.3) is 0 Å². The molecule has 0 bridgehead atoms. The van der Waals surface area contributed by atoms with E-state index in [2.05, 4.69) is 51.2 Å². The second kappa shape index (κ2) is 14.2. The molecule has 34 heavy (non-hydrogen) atoms. The van der Waals surface area contributed by atoms with Crippen LogP contribution < -0.4 is 5.19 Å². The fourth-order valence-electron chi connectivity index (χ4n) is 6.28. The Labute approximate surface area is 212 Å². The molecule has 0 aromatic heterocycles. The molecule has 194 valence electrons. The molecular weight excluding hydrogens is 432 g/mol. The molecule has 1 aromatic rings. The Morgan fingerprint density at radius 1 is 0.882 bits per heavy atom. The molecule has 0 amide bonds. The highest BCUT2D eigenvalue weighted by Crippen LogP contribution is 2.37. The van der Waals surface area contributed by atoms with Gasteiger partial charge in [0.1, 0.15) is 0 Å². The van der Waals surface area contributed by atoms with Crippen LogP contribution in [0.3, 0.4) is 0 Å². The Bertz CT molecular complexity index is 671. The van der Waals surface area contributed by atoms with E-state index in [1.807, 2.05) is 0 Å². The number of benzene rings is 1. The first-order valence-corrected chi connectivity index (χ1v) is 17.9. The van der Waals surface area contributed by atoms with Crippen molar-refractivity contribution >= 4 is 13.3 Å². The van der Waals surface area contributed by atoms with E-state index in [-0.39, 0.29) is 0 Å². The standard InChI is InChI=1S/C31H54O2Si/c1-5-7-9-12-27-13-15-28(16-14-27)29-17-19-30(20-18-29)34(3,4)23-11-8-10-22-32-24-31(21-6-2)25-33-26-31/h17-20,27-28H,5-16,21-26H2,1-4H3. The molecule has 1 aromatic carbocycles. The maximum atomic E-state index is 6.04. The lowest BCUT2D eigenvalue weighted by Crippen LogP contribution is -2.46. The van der Waals surface area contributed by atoms with E-state index < -0.39 is 8.07 Å². The zero-order valence-corrected chi connectivity index (χ0v) is 24.0. The molecule has 3 heteroatoms. The van der Waals surface area contributed by atoms with Crippen LogP contribution in [-0.2, 0) is 9.47 Å². The molecular formula is C31H54O2Si. The lowest BCUT2D eigenvalue weighted by atomic mass is 9.77. The van der Waals surface area contributed by atoms with Gasteiger partial charge >= 0.3 is 0 Å². The molecule has 0 unspecified atom stereocenters. The molecule has 1 aliphatic carbocycles. The van der Waals surface area contributed by atoms with Gasteiger partial charge in [-0.25, -0.2) is 0 Å². The van der Waals surface area contributed by atoms with Gasteiger partial charge in [0.2, 0.25) is 0 Å². The first-order chi connectivity index (χ1) is 16.5. The van der Waals surface area contributed by atoms with Gasteiger partial charge in [-0.1, -0.05) is 107 Å². The minimum atomic E-state index is -1.34. The van der Waals surface area contributed by atoms with E-state index in [9.17, 15) is 0 Å². The largest absolute Gasteiger partial charge is 0.381 e. The molecule has 0 spiro atoms. The van der Waals surface area contributed by atoms with Gasteiger partial charge in [0.25, 0.3) is 0 Å². The van der Waals surface area contributed by atoms with Crippen molar-refractivity contribution in [1.29, 1.82) is 0 Å². The minimum absolute atomic E-state index is 0.337. The van der Waals surface area contributed by atoms with Crippen LogP contribution in [-0.4, -0.2) is 34.5 Å². The molecule has 3 rings (SSSR count). The Hall–Kier alpha value is -0.643. The van der Waals surface area contributed by atoms with Crippen molar-refractivity contribution < 1.29 is 9.47 Å². The van der Waals surface area contributed by atoms with Crippen LogP contribution >= 0.6 is 0 Å². The van der Waals surface area contributed by atoms with Crippen LogP contribution in [0.4, 0.5) is 0 Å². The zero-order chi connectivity index (χ0) is 24.3. The van der Waals surface area contributed by atoms with Crippen molar-refractivity contribution in [2.24, 2.45) is 11.3 Å². The smallest absolute Gasteiger partial charge is 0.0806 e. The van der Waals surface area contributed by atoms with Gasteiger partial charge in [0.15, 0.2) is 0 Å². The molecule has 0 atom stereocenters. The molecule has 1 saturated carbocycles. The third-order valence-electron chi connectivity index (χ3n) is 8.82. The van der Waals surface area contributed by atoms with Gasteiger partial charge in [0.05, 0.1) is 27.9 Å². The topological polar surface area (TPSA) is 18.5 Å². The maximum absolute atomic E-state index is 6.04. The Balaban J connectivity index is 1.32. The highest BCUT2D eigenvalue weighted by atomic mass is 28.3. The van der Waals surface area contributed by atoms with Crippen molar-refractivity contribution in [3.05, 3.63) is 29.8 Å². The lowest BCUT2D eigenvalue weighted by Gasteiger charge is -2.41. The highest BCUT2D eigenvalue weighted by molar-refractivity contribution is 6.89. The van der Waals surface area contributed by atoms with Gasteiger partial charge in [-0.2, -0.15) is 0 Å². The van der Waals surface area contributed by atoms with E-state index in [4.69, 9.17) is 9.47 Å². The van der Waals surface area contributed by atoms with E-state index in [1.165, 1.54) is 89.5 Å². The Morgan fingerprint density at radius 3 is 2.24 bits per heavy atom. The van der Waals surface area contributed by atoms with Crippen LogP contribution in [0.5, 0.6) is 0 Å². The van der Waals surface area contributed by atoms with Crippen molar-refractivity contribution in [3.63, 3.8) is 0 Å². The summed E-state index contributed by atoms with van der Waals surface area (Å²) >= 11 is 0. The third kappa shape index (κ3) is 8.49. The second-order valence-electron chi connectivity index (χ2n) is 12.3. The summed E-state index contributed by atoms with van der Waals surface area (Å²) in [5, 5.41) is 1.65. The molecule has 1 heterocycles. The summed E-state index contributed by atoms with van der Waals surface area (Å²) in [5.74, 6) is 1.81. The summed E-state index contributed by atoms with van der Waals surface area (Å²) in [5.41, 5.74) is 1.94. The van der Waals surface area contributed by atoms with Crippen LogP contribution in [0.1, 0.15) is 109 Å². The lowest BCUT2D eigenvalue weighted by molar-refractivity contribution is -0.152. The van der Waals surface area contributed by atoms with E-state index >= 15 is 0 Å². The Kier molecular flexibility index (Phi) is 11.7. The van der Waals surface area contributed by atoms with Gasteiger partial charge < -0.3 is 9.47 Å². The monoisotopic (exact) mass is 486 g/mol. The van der Waals surface area contributed by atoms with Crippen molar-refractivity contribution in [2.45, 2.75) is 122 Å². The predicted octanol–water partition coefficient (Wildman–Crippen LogP) is 8.46. The SMILES string of the molecule is CCCCCC1CCC(c2ccc([Si](C)(C)CCCCCOCC3(CCC)COC3)cc2)CC1. The quantitative estimate of drug-likeness (QED) is 0.172. The summed E-state index contributed by atoms with van der Waals surface area (Å²) < 4.78 is 11.5. The summed E-state index contributed by atoms with van der Waals surface area (Å²) in [6, 6.07) is 11.3. The molecule has 2 nitrogen and oxygen atoms in total. The zero-order valence-electron chi connectivity index (χ0n) is 23.0. The van der Waals surface area contributed by atoms with Gasteiger partial charge in [0, 0.05) is 12.0 Å². The average molecular weight is 487 g/mol. The van der Waals surface area contributed by atoms with E-state index in [0.29, 0.717) is 5.41 Å². The fraction of sp³-hybridized carbons (Fsp3) is 0.806. The fourth-order valence-corrected chi connectivity index (χ4v) is 8.77. The predicted molar refractivity (Wildman–Crippen MR) is 150 cm³/mol. The van der Waals surface area contributed by atoms with Crippen LogP contribution in [0.15, 0.2) is 24.3 Å². The van der Waals surface area contributed by atoms with Gasteiger partial charge in [-0.3, -0.25) is 0 Å². The molecule has 0 radical (unpaired) electrons. The van der Waals surface area contributed by atoms with Crippen LogP contribution in [0, 0.1) is 11.3 Å². The normalized spacial score (nSPS) is 22.5. The average Bonchev–Trinajstić information content (AvgIpc) is 2.82. The summed E-state index contributed by atoms with van der Waals surface area (Å²) in [6.45, 7) is 13.3. The number of unbranched alkanes of at least 4 members (excludes halogenated alkanes) is 4. The maximum Gasteiger partial charge on any atom is 0.0806 e. The summed E-state index contributed by atoms with van der Waals surface area (Å²) in [6.07, 6.45) is 17.7. The molecule has 1 aliphatic heterocycles. The molecule has 2 aliphatic rings. The van der Waals surface area contributed by atoms with E-state index in [1.54, 1.807) is 10.8 Å². The van der Waals surface area contributed by atoms with Crippen molar-refractivity contribution in [1.82, 2.24) is 0 Å². The number of hydrogen-bond donors (Lipinski definition) is 0. The Morgan fingerprint density at radius 2 is 1.62 bits per heavy atom. The van der Waals surface area contributed by atoms with Crippen molar-refractivity contribution in [3.8, 4) is 0 Å². The first-order valence-electron chi connectivity index (χ1n) is 14.7. The summed E-state index contributed by atoms with van der Waals surface area (Å²) in [7, 11) is -1.34. The minimum Gasteiger partial charge on any atom is -0.381 e. The van der Waals surface area contributed by atoms with Crippen LogP contribution in [0.2, 0.25) is 19.1 Å². The summed E-state index contributed by atoms with van der Waals surface area (Å²) in [4.78, 5) is 0.